The van der Waals surface area contributed by atoms with Crippen LogP contribution in [0.4, 0.5) is 18.9 Å². The Labute approximate surface area is 168 Å². The number of anilines is 1. The first-order valence-electron chi connectivity index (χ1n) is 7.24. The molecule has 0 aliphatic heterocycles. The largest absolute Gasteiger partial charge is 0.416 e. The zero-order chi connectivity index (χ0) is 20.4. The van der Waals surface area contributed by atoms with Crippen LogP contribution in [0.25, 0.3) is 0 Å². The Morgan fingerprint density at radius 1 is 0.963 bits per heavy atom. The Morgan fingerprint density at radius 3 is 2.19 bits per heavy atom. The van der Waals surface area contributed by atoms with Crippen LogP contribution in [-0.2, 0) is 20.8 Å². The Hall–Kier alpha value is -1.48. The van der Waals surface area contributed by atoms with Gasteiger partial charge in [-0.05, 0) is 36.4 Å². The van der Waals surface area contributed by atoms with Gasteiger partial charge in [0.2, 0.25) is 5.91 Å². The number of sulfone groups is 1. The summed E-state index contributed by atoms with van der Waals surface area (Å²) < 4.78 is 62.7. The van der Waals surface area contributed by atoms with Crippen molar-refractivity contribution in [1.29, 1.82) is 0 Å². The van der Waals surface area contributed by atoms with E-state index >= 15 is 0 Å². The molecular weight excluding hydrogens is 450 g/mol. The molecule has 0 aliphatic rings. The predicted octanol–water partition coefficient (Wildman–Crippen LogP) is 5.47. The van der Waals surface area contributed by atoms with Gasteiger partial charge in [-0.25, -0.2) is 8.42 Å². The van der Waals surface area contributed by atoms with Crippen LogP contribution in [0.2, 0.25) is 15.1 Å². The maximum Gasteiger partial charge on any atom is 0.416 e. The van der Waals surface area contributed by atoms with Crippen LogP contribution in [0.15, 0.2) is 41.3 Å². The SMILES string of the molecule is O=C(CCS(=O)(=O)c1ccc(Cl)c(Cl)c1)Nc1cc(C(F)(F)F)ccc1Cl. The fraction of sp³-hybridized carbons (Fsp3) is 0.188. The van der Waals surface area contributed by atoms with Crippen molar-refractivity contribution in [3.63, 3.8) is 0 Å². The van der Waals surface area contributed by atoms with Gasteiger partial charge in [0, 0.05) is 6.42 Å². The van der Waals surface area contributed by atoms with Gasteiger partial charge < -0.3 is 5.32 Å². The number of nitrogens with one attached hydrogen (secondary N) is 1. The minimum atomic E-state index is -4.61. The van der Waals surface area contributed by atoms with E-state index in [0.717, 1.165) is 18.2 Å². The summed E-state index contributed by atoms with van der Waals surface area (Å²) in [4.78, 5) is 11.8. The van der Waals surface area contributed by atoms with Gasteiger partial charge in [0.25, 0.3) is 0 Å². The average molecular weight is 461 g/mol. The maximum atomic E-state index is 12.7. The molecule has 27 heavy (non-hydrogen) atoms. The van der Waals surface area contributed by atoms with Crippen molar-refractivity contribution in [2.24, 2.45) is 0 Å². The molecule has 4 nitrogen and oxygen atoms in total. The summed E-state index contributed by atoms with van der Waals surface area (Å²) in [6.45, 7) is 0. The van der Waals surface area contributed by atoms with Crippen LogP contribution in [0.1, 0.15) is 12.0 Å². The van der Waals surface area contributed by atoms with E-state index in [-0.39, 0.29) is 25.7 Å². The van der Waals surface area contributed by atoms with Gasteiger partial charge in [-0.2, -0.15) is 13.2 Å². The van der Waals surface area contributed by atoms with Crippen LogP contribution in [-0.4, -0.2) is 20.1 Å². The molecule has 2 rings (SSSR count). The van der Waals surface area contributed by atoms with E-state index in [1.165, 1.54) is 12.1 Å². The summed E-state index contributed by atoms with van der Waals surface area (Å²) in [5.74, 6) is -1.38. The van der Waals surface area contributed by atoms with Crippen LogP contribution in [0.5, 0.6) is 0 Å². The number of rotatable bonds is 5. The zero-order valence-electron chi connectivity index (χ0n) is 13.3. The van der Waals surface area contributed by atoms with Gasteiger partial charge in [-0.3, -0.25) is 4.79 Å². The molecule has 0 saturated carbocycles. The lowest BCUT2D eigenvalue weighted by Crippen LogP contribution is -2.18. The molecule has 0 saturated heterocycles. The van der Waals surface area contributed by atoms with Gasteiger partial charge in [0.15, 0.2) is 9.84 Å². The third kappa shape index (κ3) is 5.75. The summed E-state index contributed by atoms with van der Waals surface area (Å²) >= 11 is 17.3. The smallest absolute Gasteiger partial charge is 0.325 e. The highest BCUT2D eigenvalue weighted by atomic mass is 35.5. The molecule has 0 heterocycles. The molecule has 2 aromatic rings. The number of carbonyl (C=O) groups excluding carboxylic acids is 1. The molecule has 0 fully saturated rings. The summed E-state index contributed by atoms with van der Waals surface area (Å²) in [7, 11) is -3.85. The summed E-state index contributed by atoms with van der Waals surface area (Å²) in [6.07, 6.45) is -5.10. The minimum absolute atomic E-state index is 0.0398. The molecule has 0 unspecified atom stereocenters. The first-order chi connectivity index (χ1) is 12.4. The van der Waals surface area contributed by atoms with Gasteiger partial charge in [-0.15, -0.1) is 0 Å². The molecule has 0 aromatic heterocycles. The zero-order valence-corrected chi connectivity index (χ0v) is 16.4. The van der Waals surface area contributed by atoms with Crippen molar-refractivity contribution in [3.8, 4) is 0 Å². The van der Waals surface area contributed by atoms with Crippen molar-refractivity contribution in [1.82, 2.24) is 0 Å². The highest BCUT2D eigenvalue weighted by Crippen LogP contribution is 2.34. The number of carbonyl (C=O) groups is 1. The summed E-state index contributed by atoms with van der Waals surface area (Å²) in [5, 5.41) is 2.29. The third-order valence-corrected chi connectivity index (χ3v) is 6.20. The number of benzene rings is 2. The van der Waals surface area contributed by atoms with Crippen LogP contribution < -0.4 is 5.32 Å². The van der Waals surface area contributed by atoms with Crippen LogP contribution >= 0.6 is 34.8 Å². The van der Waals surface area contributed by atoms with Crippen molar-refractivity contribution in [3.05, 3.63) is 57.0 Å². The molecule has 1 amide bonds. The summed E-state index contributed by atoms with van der Waals surface area (Å²) in [5.41, 5.74) is -1.26. The van der Waals surface area contributed by atoms with E-state index in [1.807, 2.05) is 0 Å². The first-order valence-corrected chi connectivity index (χ1v) is 10.0. The van der Waals surface area contributed by atoms with Gasteiger partial charge >= 0.3 is 6.18 Å². The third-order valence-electron chi connectivity index (χ3n) is 3.42. The second kappa shape index (κ2) is 8.26. The number of amides is 1. The molecule has 0 aliphatic carbocycles. The molecule has 0 atom stereocenters. The monoisotopic (exact) mass is 459 g/mol. The maximum absolute atomic E-state index is 12.7. The molecule has 0 bridgehead atoms. The minimum Gasteiger partial charge on any atom is -0.325 e. The number of hydrogen-bond acceptors (Lipinski definition) is 3. The first kappa shape index (κ1) is 21.8. The topological polar surface area (TPSA) is 63.2 Å². The fourth-order valence-corrected chi connectivity index (χ4v) is 3.82. The van der Waals surface area contributed by atoms with Crippen molar-refractivity contribution < 1.29 is 26.4 Å². The highest BCUT2D eigenvalue weighted by Gasteiger charge is 2.31. The Morgan fingerprint density at radius 2 is 1.59 bits per heavy atom. The predicted molar refractivity (Wildman–Crippen MR) is 98.2 cm³/mol. The summed E-state index contributed by atoms with van der Waals surface area (Å²) in [6, 6.07) is 6.14. The molecule has 0 radical (unpaired) electrons. The highest BCUT2D eigenvalue weighted by molar-refractivity contribution is 7.91. The normalized spacial score (nSPS) is 12.1. The molecule has 146 valence electrons. The van der Waals surface area contributed by atoms with E-state index in [1.54, 1.807) is 0 Å². The number of halogens is 6. The second-order valence-electron chi connectivity index (χ2n) is 5.39. The van der Waals surface area contributed by atoms with Crippen LogP contribution in [0, 0.1) is 0 Å². The number of hydrogen-bond donors (Lipinski definition) is 1. The van der Waals surface area contributed by atoms with E-state index in [9.17, 15) is 26.4 Å². The molecule has 2 aromatic carbocycles. The second-order valence-corrected chi connectivity index (χ2v) is 8.72. The van der Waals surface area contributed by atoms with E-state index < -0.39 is 39.7 Å². The molecule has 1 N–H and O–H groups in total. The Balaban J connectivity index is 2.09. The quantitative estimate of drug-likeness (QED) is 0.644. The van der Waals surface area contributed by atoms with Crippen molar-refractivity contribution in [2.75, 3.05) is 11.1 Å². The number of alkyl halides is 3. The fourth-order valence-electron chi connectivity index (χ4n) is 2.03. The lowest BCUT2D eigenvalue weighted by molar-refractivity contribution is -0.137. The average Bonchev–Trinajstić information content (AvgIpc) is 2.56. The van der Waals surface area contributed by atoms with Crippen LogP contribution in [0.3, 0.4) is 0 Å². The van der Waals surface area contributed by atoms with Gasteiger partial charge in [-0.1, -0.05) is 34.8 Å². The van der Waals surface area contributed by atoms with Gasteiger partial charge in [0.1, 0.15) is 0 Å². The van der Waals surface area contributed by atoms with Crippen molar-refractivity contribution in [2.45, 2.75) is 17.5 Å². The van der Waals surface area contributed by atoms with E-state index in [0.29, 0.717) is 6.07 Å². The van der Waals surface area contributed by atoms with E-state index in [4.69, 9.17) is 34.8 Å². The molecule has 0 spiro atoms. The van der Waals surface area contributed by atoms with E-state index in [2.05, 4.69) is 5.32 Å². The molecular formula is C16H11Cl3F3NO3S. The lowest BCUT2D eigenvalue weighted by Gasteiger charge is -2.12. The Bertz CT molecular complexity index is 979. The van der Waals surface area contributed by atoms with Crippen molar-refractivity contribution >= 4 is 56.2 Å². The molecule has 11 heteroatoms. The lowest BCUT2D eigenvalue weighted by atomic mass is 10.2. The Kier molecular flexibility index (Phi) is 6.68. The standard InChI is InChI=1S/C16H11Cl3F3NO3S/c17-11-4-2-10(8-13(11)19)27(25,26)6-5-15(24)23-14-7-9(16(20,21)22)1-3-12(14)18/h1-4,7-8H,5-6H2,(H,23,24). The van der Waals surface area contributed by atoms with Gasteiger partial charge in [0.05, 0.1) is 37.0 Å².